The Hall–Kier alpha value is -4.11. The predicted octanol–water partition coefficient (Wildman–Crippen LogP) is 6.07. The van der Waals surface area contributed by atoms with Gasteiger partial charge in [0, 0.05) is 12.0 Å². The van der Waals surface area contributed by atoms with Crippen molar-refractivity contribution in [3.63, 3.8) is 0 Å². The highest BCUT2D eigenvalue weighted by molar-refractivity contribution is 7.99. The van der Waals surface area contributed by atoms with Crippen LogP contribution in [0.5, 0.6) is 17.4 Å². The number of para-hydroxylation sites is 2. The van der Waals surface area contributed by atoms with E-state index in [4.69, 9.17) is 14.2 Å². The minimum absolute atomic E-state index is 0.122. The molecule has 4 aromatic rings. The smallest absolute Gasteiger partial charge is 0.247 e. The molecule has 8 nitrogen and oxygen atoms in total. The van der Waals surface area contributed by atoms with E-state index in [1.165, 1.54) is 11.8 Å². The van der Waals surface area contributed by atoms with Crippen molar-refractivity contribution in [1.29, 1.82) is 0 Å². The molecule has 0 spiro atoms. The van der Waals surface area contributed by atoms with Crippen LogP contribution in [0.25, 0.3) is 11.3 Å². The van der Waals surface area contributed by atoms with Gasteiger partial charge in [0.1, 0.15) is 6.61 Å². The van der Waals surface area contributed by atoms with Crippen molar-refractivity contribution in [3.8, 4) is 28.6 Å². The Kier molecular flexibility index (Phi) is 7.74. The number of carbonyl (C=O) groups excluding carboxylic acids is 1. The van der Waals surface area contributed by atoms with E-state index in [2.05, 4.69) is 15.2 Å². The molecule has 0 unspecified atom stereocenters. The number of nitrogens with zero attached hydrogens (tertiary/aromatic N) is 4. The average molecular weight is 529 g/mol. The second-order valence-corrected chi connectivity index (χ2v) is 9.67. The molecule has 1 amide bonds. The van der Waals surface area contributed by atoms with Crippen LogP contribution in [0.3, 0.4) is 0 Å². The molecule has 0 N–H and O–H groups in total. The molecule has 0 saturated heterocycles. The molecule has 3 aromatic carbocycles. The van der Waals surface area contributed by atoms with E-state index in [0.717, 1.165) is 16.9 Å². The number of amides is 1. The number of benzene rings is 3. The predicted molar refractivity (Wildman–Crippen MR) is 147 cm³/mol. The van der Waals surface area contributed by atoms with E-state index in [9.17, 15) is 4.79 Å². The number of rotatable bonds is 8. The third-order valence-corrected chi connectivity index (χ3v) is 6.80. The van der Waals surface area contributed by atoms with E-state index in [0.29, 0.717) is 46.1 Å². The zero-order chi connectivity index (χ0) is 26.5. The van der Waals surface area contributed by atoms with Gasteiger partial charge < -0.3 is 14.2 Å². The Balaban J connectivity index is 1.68. The zero-order valence-electron chi connectivity index (χ0n) is 21.5. The lowest BCUT2D eigenvalue weighted by Gasteiger charge is -2.32. The zero-order valence-corrected chi connectivity index (χ0v) is 22.3. The van der Waals surface area contributed by atoms with Gasteiger partial charge in [-0.25, -0.2) is 0 Å². The molecule has 1 atom stereocenters. The molecular weight excluding hydrogens is 500 g/mol. The van der Waals surface area contributed by atoms with Crippen LogP contribution < -0.4 is 19.1 Å². The van der Waals surface area contributed by atoms with E-state index in [-0.39, 0.29) is 12.3 Å². The second-order valence-electron chi connectivity index (χ2n) is 8.44. The standard InChI is InChI=1S/C29H28N4O4S/c1-4-24(34)33-22-16-10-9-14-20(22)25-27(30-29(32-31-25)38-5-2)37-28(33)21-15-11-17-23(35-3)26(21)36-18-19-12-7-6-8-13-19/h6-17,28H,4-5,18H2,1-3H3/t28-/m1/s1. The Morgan fingerprint density at radius 3 is 2.55 bits per heavy atom. The monoisotopic (exact) mass is 528 g/mol. The third kappa shape index (κ3) is 5.02. The summed E-state index contributed by atoms with van der Waals surface area (Å²) in [6.45, 7) is 4.16. The largest absolute Gasteiger partial charge is 0.493 e. The summed E-state index contributed by atoms with van der Waals surface area (Å²) in [4.78, 5) is 19.9. The van der Waals surface area contributed by atoms with Crippen LogP contribution in [0.4, 0.5) is 5.69 Å². The van der Waals surface area contributed by atoms with Gasteiger partial charge in [0.05, 0.1) is 18.4 Å². The third-order valence-electron chi connectivity index (χ3n) is 6.08. The van der Waals surface area contributed by atoms with Crippen molar-refractivity contribution in [3.05, 3.63) is 83.9 Å². The Bertz CT molecular complexity index is 1430. The molecule has 0 radical (unpaired) electrons. The molecule has 5 rings (SSSR count). The SMILES string of the molecule is CCSc1nnc2c(n1)O[C@H](c1cccc(OC)c1OCc1ccccc1)N(C(=O)CC)c1ccccc1-2. The molecule has 0 fully saturated rings. The number of anilines is 1. The van der Waals surface area contributed by atoms with E-state index >= 15 is 0 Å². The molecule has 1 aliphatic rings. The quantitative estimate of drug-likeness (QED) is 0.255. The summed E-state index contributed by atoms with van der Waals surface area (Å²) in [5.41, 5.74) is 3.49. The molecule has 0 bridgehead atoms. The van der Waals surface area contributed by atoms with Crippen molar-refractivity contribution >= 4 is 23.4 Å². The van der Waals surface area contributed by atoms with E-state index in [1.54, 1.807) is 12.0 Å². The molecule has 194 valence electrons. The molecule has 0 aliphatic carbocycles. The molecule has 38 heavy (non-hydrogen) atoms. The summed E-state index contributed by atoms with van der Waals surface area (Å²) in [7, 11) is 1.59. The Labute approximate surface area is 226 Å². The number of methoxy groups -OCH3 is 1. The molecule has 0 saturated carbocycles. The first-order valence-corrected chi connectivity index (χ1v) is 13.4. The van der Waals surface area contributed by atoms with Gasteiger partial charge in [-0.1, -0.05) is 80.2 Å². The van der Waals surface area contributed by atoms with Gasteiger partial charge >= 0.3 is 0 Å². The number of aromatic nitrogens is 3. The van der Waals surface area contributed by atoms with Crippen molar-refractivity contribution in [2.45, 2.75) is 38.3 Å². The fourth-order valence-electron chi connectivity index (χ4n) is 4.32. The highest BCUT2D eigenvalue weighted by Crippen LogP contribution is 2.46. The van der Waals surface area contributed by atoms with Crippen molar-refractivity contribution in [2.24, 2.45) is 0 Å². The van der Waals surface area contributed by atoms with Gasteiger partial charge in [0.25, 0.3) is 0 Å². The maximum Gasteiger partial charge on any atom is 0.247 e. The van der Waals surface area contributed by atoms with Gasteiger partial charge in [-0.15, -0.1) is 10.2 Å². The van der Waals surface area contributed by atoms with Crippen LogP contribution in [0, 0.1) is 0 Å². The number of hydrogen-bond acceptors (Lipinski definition) is 8. The highest BCUT2D eigenvalue weighted by atomic mass is 32.2. The van der Waals surface area contributed by atoms with Crippen LogP contribution in [0.15, 0.2) is 78.0 Å². The molecule has 9 heteroatoms. The summed E-state index contributed by atoms with van der Waals surface area (Å²) in [5, 5.41) is 9.26. The van der Waals surface area contributed by atoms with E-state index in [1.807, 2.05) is 86.6 Å². The lowest BCUT2D eigenvalue weighted by molar-refractivity contribution is -0.120. The van der Waals surface area contributed by atoms with Crippen LogP contribution in [0.2, 0.25) is 0 Å². The number of fused-ring (bicyclic) bond motifs is 3. The fourth-order valence-corrected chi connectivity index (χ4v) is 4.82. The van der Waals surface area contributed by atoms with Gasteiger partial charge in [-0.3, -0.25) is 9.69 Å². The average Bonchev–Trinajstić information content (AvgIpc) is 3.10. The number of thioether (sulfide) groups is 1. The van der Waals surface area contributed by atoms with E-state index < -0.39 is 6.23 Å². The molecule has 2 heterocycles. The number of hydrogen-bond donors (Lipinski definition) is 0. The topological polar surface area (TPSA) is 86.7 Å². The van der Waals surface area contributed by atoms with Gasteiger partial charge in [0.15, 0.2) is 17.2 Å². The van der Waals surface area contributed by atoms with Gasteiger partial charge in [-0.05, 0) is 29.5 Å². The first-order valence-electron chi connectivity index (χ1n) is 12.4. The molecule has 1 aromatic heterocycles. The minimum Gasteiger partial charge on any atom is -0.493 e. The van der Waals surface area contributed by atoms with Gasteiger partial charge in [-0.2, -0.15) is 4.98 Å². The van der Waals surface area contributed by atoms with Crippen molar-refractivity contribution in [1.82, 2.24) is 15.2 Å². The summed E-state index contributed by atoms with van der Waals surface area (Å²) in [6.07, 6.45) is -0.619. The summed E-state index contributed by atoms with van der Waals surface area (Å²) in [5.74, 6) is 1.99. The van der Waals surface area contributed by atoms with Crippen molar-refractivity contribution in [2.75, 3.05) is 17.8 Å². The first-order chi connectivity index (χ1) is 18.6. The van der Waals surface area contributed by atoms with Crippen LogP contribution in [-0.4, -0.2) is 34.0 Å². The normalized spacial score (nSPS) is 14.1. The van der Waals surface area contributed by atoms with Crippen LogP contribution in [-0.2, 0) is 11.4 Å². The lowest BCUT2D eigenvalue weighted by atomic mass is 10.1. The molecular formula is C29H28N4O4S. The lowest BCUT2D eigenvalue weighted by Crippen LogP contribution is -2.37. The maximum atomic E-state index is 13.5. The number of carbonyl (C=O) groups is 1. The summed E-state index contributed by atoms with van der Waals surface area (Å²) in [6, 6.07) is 23.0. The summed E-state index contributed by atoms with van der Waals surface area (Å²) >= 11 is 1.47. The first kappa shape index (κ1) is 25.5. The fraction of sp³-hybridized carbons (Fsp3) is 0.241. The van der Waals surface area contributed by atoms with Crippen molar-refractivity contribution < 1.29 is 19.0 Å². The Morgan fingerprint density at radius 1 is 1.00 bits per heavy atom. The number of ether oxygens (including phenoxy) is 3. The highest BCUT2D eigenvalue weighted by Gasteiger charge is 2.37. The van der Waals surface area contributed by atoms with Crippen LogP contribution >= 0.6 is 11.8 Å². The van der Waals surface area contributed by atoms with Gasteiger partial charge in [0.2, 0.25) is 23.2 Å². The molecule has 1 aliphatic heterocycles. The Morgan fingerprint density at radius 2 is 1.79 bits per heavy atom. The summed E-state index contributed by atoms with van der Waals surface area (Å²) < 4.78 is 18.6. The second kappa shape index (κ2) is 11.5. The minimum atomic E-state index is -0.887. The maximum absolute atomic E-state index is 13.5. The van der Waals surface area contributed by atoms with Crippen LogP contribution in [0.1, 0.15) is 37.6 Å².